The zero-order valence-electron chi connectivity index (χ0n) is 39.5. The molecule has 0 unspecified atom stereocenters. The maximum atomic E-state index is 14.0. The summed E-state index contributed by atoms with van der Waals surface area (Å²) in [5.41, 5.74) is 7.42. The summed E-state index contributed by atoms with van der Waals surface area (Å²) < 4.78 is 54.8. The molecule has 0 saturated carbocycles. The summed E-state index contributed by atoms with van der Waals surface area (Å²) in [5.74, 6) is -0.425. The van der Waals surface area contributed by atoms with E-state index in [-0.39, 0.29) is 31.5 Å². The van der Waals surface area contributed by atoms with E-state index in [9.17, 15) is 23.4 Å². The summed E-state index contributed by atoms with van der Waals surface area (Å²) in [4.78, 5) is 16.3. The minimum absolute atomic E-state index is 0.231. The van der Waals surface area contributed by atoms with Crippen LogP contribution in [-0.4, -0.2) is 82.0 Å². The first-order valence-corrected chi connectivity index (χ1v) is 25.3. The van der Waals surface area contributed by atoms with Gasteiger partial charge in [0.1, 0.15) is 12.1 Å². The summed E-state index contributed by atoms with van der Waals surface area (Å²) in [6.45, 7) is 23.7. The minimum Gasteiger partial charge on any atom is -0.759 e. The highest BCUT2D eigenvalue weighted by Crippen LogP contribution is 2.49. The van der Waals surface area contributed by atoms with E-state index in [0.717, 1.165) is 59.6 Å². The lowest BCUT2D eigenvalue weighted by Gasteiger charge is -2.67. The van der Waals surface area contributed by atoms with Crippen LogP contribution in [0.4, 0.5) is 16.2 Å². The molecule has 14 heteroatoms. The van der Waals surface area contributed by atoms with Gasteiger partial charge >= 0.3 is 6.09 Å². The summed E-state index contributed by atoms with van der Waals surface area (Å²) in [7, 11) is -5.47. The smallest absolute Gasteiger partial charge is 0.427 e. The maximum absolute atomic E-state index is 14.0. The molecule has 0 N–H and O–H groups in total. The van der Waals surface area contributed by atoms with Gasteiger partial charge in [-0.05, 0) is 116 Å². The average Bonchev–Trinajstić information content (AvgIpc) is 3.79. The standard InChI is InChI=1S/C49H72N4O8S2/c1-12-16-21-34-50-41-26-19-17-24-39(41)48(8,9)43(50)32-30-37-28-29-38(45(37)52(62-61-60-55)46(54)59-47(5,6)7)31-33-44-49(10,11)40-25-18-20-27-42(40)51(44)35-22-23-36-63(56,57,58)53(13-2,14-3)15-4/h17-20,24-27,30-33H,12-16,21-23,28-29,34-36H2,1-11H3,(H-2,55,56,57,58)/p-1. The van der Waals surface area contributed by atoms with Crippen molar-refractivity contribution in [2.45, 2.75) is 138 Å². The summed E-state index contributed by atoms with van der Waals surface area (Å²) in [6.07, 6.45) is 12.8. The van der Waals surface area contributed by atoms with E-state index in [0.29, 0.717) is 43.7 Å². The van der Waals surface area contributed by atoms with E-state index in [4.69, 9.17) is 9.07 Å². The number of para-hydroxylation sites is 2. The number of benzene rings is 2. The fourth-order valence-electron chi connectivity index (χ4n) is 9.67. The second kappa shape index (κ2) is 19.9. The number of rotatable bonds is 20. The number of nitrogens with zero attached hydrogens (tertiary/aromatic N) is 4. The van der Waals surface area contributed by atoms with Gasteiger partial charge in [0, 0.05) is 53.2 Å². The second-order valence-corrected chi connectivity index (χ2v) is 22.6. The van der Waals surface area contributed by atoms with Crippen molar-refractivity contribution in [1.29, 1.82) is 0 Å². The second-order valence-electron chi connectivity index (χ2n) is 18.9. The molecule has 0 atom stereocenters. The molecule has 5 rings (SSSR count). The van der Waals surface area contributed by atoms with Gasteiger partial charge in [-0.25, -0.2) is 4.79 Å². The molecule has 2 aliphatic heterocycles. The molecule has 63 heavy (non-hydrogen) atoms. The van der Waals surface area contributed by atoms with Crippen LogP contribution in [0.25, 0.3) is 0 Å². The number of hydrogen-bond acceptors (Lipinski definition) is 10. The Morgan fingerprint density at radius 1 is 0.889 bits per heavy atom. The topological polar surface area (TPSA) is 140 Å². The highest BCUT2D eigenvalue weighted by molar-refractivity contribution is 8.04. The van der Waals surface area contributed by atoms with Gasteiger partial charge in [-0.1, -0.05) is 85.6 Å². The Balaban J connectivity index is 1.59. The molecule has 0 radical (unpaired) electrons. The first kappa shape index (κ1) is 50.4. The Hall–Kier alpha value is -3.60. The van der Waals surface area contributed by atoms with Crippen molar-refractivity contribution in [2.24, 2.45) is 0 Å². The van der Waals surface area contributed by atoms with Gasteiger partial charge in [-0.15, -0.1) is 4.33 Å². The Labute approximate surface area is 381 Å². The third kappa shape index (κ3) is 10.4. The zero-order valence-corrected chi connectivity index (χ0v) is 41.1. The molecule has 2 heterocycles. The van der Waals surface area contributed by atoms with Crippen molar-refractivity contribution in [3.63, 3.8) is 0 Å². The van der Waals surface area contributed by atoms with Crippen molar-refractivity contribution in [3.05, 3.63) is 107 Å². The van der Waals surface area contributed by atoms with E-state index in [1.807, 2.05) is 18.2 Å². The van der Waals surface area contributed by atoms with Crippen LogP contribution in [0, 0.1) is 0 Å². The predicted molar refractivity (Wildman–Crippen MR) is 251 cm³/mol. The number of allylic oxidation sites excluding steroid dienone is 7. The number of anilines is 1. The van der Waals surface area contributed by atoms with Crippen molar-refractivity contribution in [1.82, 2.24) is 4.31 Å². The molecule has 348 valence electrons. The largest absolute Gasteiger partial charge is 0.759 e. The number of unbranched alkanes of at least 4 members (excludes halogenated alkanes) is 3. The number of carbonyl (C=O) groups excluding carboxylic acids is 1. The van der Waals surface area contributed by atoms with Crippen LogP contribution in [0.2, 0.25) is 0 Å². The number of ether oxygens (including phenoxy) is 1. The molecule has 3 aliphatic rings. The number of carbonyl (C=O) groups is 1. The average molecular weight is 908 g/mol. The maximum Gasteiger partial charge on any atom is 0.427 e. The van der Waals surface area contributed by atoms with Gasteiger partial charge < -0.3 is 24.0 Å². The van der Waals surface area contributed by atoms with Crippen molar-refractivity contribution in [3.8, 4) is 0 Å². The first-order chi connectivity index (χ1) is 29.6. The van der Waals surface area contributed by atoms with Crippen LogP contribution < -0.4 is 10.2 Å². The fraction of sp³-hybridized carbons (Fsp3) is 0.551. The third-order valence-corrected chi connectivity index (χ3v) is 17.1. The van der Waals surface area contributed by atoms with Crippen LogP contribution >= 0.6 is 12.2 Å². The molecule has 12 nitrogen and oxygen atoms in total. The van der Waals surface area contributed by atoms with Crippen LogP contribution in [0.15, 0.2) is 95.4 Å². The number of quaternary nitrogens is 1. The normalized spacial score (nSPS) is 19.3. The van der Waals surface area contributed by atoms with Crippen molar-refractivity contribution >= 4 is 45.2 Å². The van der Waals surface area contributed by atoms with E-state index in [1.54, 1.807) is 41.5 Å². The molecule has 1 aliphatic carbocycles. The quantitative estimate of drug-likeness (QED) is 0.0240. The van der Waals surface area contributed by atoms with Crippen LogP contribution in [0.5, 0.6) is 0 Å². The number of amides is 1. The van der Waals surface area contributed by atoms with E-state index in [1.165, 1.54) is 15.6 Å². The molecule has 0 aromatic heterocycles. The Bertz CT molecular complexity index is 2200. The van der Waals surface area contributed by atoms with Gasteiger partial charge in [0.05, 0.1) is 30.7 Å². The van der Waals surface area contributed by atoms with Crippen LogP contribution in [-0.2, 0) is 34.8 Å². The SMILES string of the molecule is CCCCC[N+]1=C(/C=C/C2=C(N(SOO[O-])C(=O)OC(C)(C)C)C(=C/C=C3/N(CCCCS(=O)([O-])([O-])[N+](CC)(CC)CC)c4ccccc4C3(C)C)/CC2)C(C)(C)c2ccccc21. The predicted octanol–water partition coefficient (Wildman–Crippen LogP) is 10.1. The molecule has 0 bridgehead atoms. The zero-order chi connectivity index (χ0) is 46.5. The van der Waals surface area contributed by atoms with Gasteiger partial charge in [-0.2, -0.15) is 8.88 Å². The molecule has 2 aromatic carbocycles. The van der Waals surface area contributed by atoms with Gasteiger partial charge in [0.15, 0.2) is 17.9 Å². The summed E-state index contributed by atoms with van der Waals surface area (Å²) in [5, 5.41) is 15.1. The lowest BCUT2D eigenvalue weighted by Crippen LogP contribution is -2.67. The number of sulfonamides is 3. The van der Waals surface area contributed by atoms with Crippen LogP contribution in [0.1, 0.15) is 132 Å². The highest BCUT2D eigenvalue weighted by Gasteiger charge is 2.45. The fourth-order valence-corrected chi connectivity index (χ4v) is 12.7. The lowest BCUT2D eigenvalue weighted by atomic mass is 9.81. The van der Waals surface area contributed by atoms with E-state index in [2.05, 4.69) is 104 Å². The molecule has 2 aromatic rings. The van der Waals surface area contributed by atoms with Gasteiger partial charge in [-0.3, -0.25) is 13.1 Å². The molecule has 0 saturated heterocycles. The monoisotopic (exact) mass is 907 g/mol. The summed E-state index contributed by atoms with van der Waals surface area (Å²) >= 11 is 0.475. The summed E-state index contributed by atoms with van der Waals surface area (Å²) in [6, 6.07) is 16.7. The molecule has 0 spiro atoms. The van der Waals surface area contributed by atoms with Gasteiger partial charge in [0.25, 0.3) is 0 Å². The lowest BCUT2D eigenvalue weighted by molar-refractivity contribution is -0.815. The van der Waals surface area contributed by atoms with Crippen molar-refractivity contribution < 1.29 is 45.9 Å². The molecule has 0 fully saturated rings. The van der Waals surface area contributed by atoms with Gasteiger partial charge in [0.2, 0.25) is 5.69 Å². The third-order valence-electron chi connectivity index (χ3n) is 13.2. The minimum atomic E-state index is -5.47. The molecular formula is C49H71N4O8S2-. The van der Waals surface area contributed by atoms with E-state index < -0.39 is 36.6 Å². The van der Waals surface area contributed by atoms with Crippen molar-refractivity contribution in [2.75, 3.05) is 43.4 Å². The Morgan fingerprint density at radius 3 is 2.17 bits per heavy atom. The van der Waals surface area contributed by atoms with E-state index >= 15 is 0 Å². The molecule has 1 amide bonds. The van der Waals surface area contributed by atoms with Crippen LogP contribution in [0.3, 0.4) is 0 Å². The Kier molecular flexibility index (Phi) is 15.9. The highest BCUT2D eigenvalue weighted by atomic mass is 32.3. The Morgan fingerprint density at radius 2 is 1.54 bits per heavy atom. The molecular weight excluding hydrogens is 837 g/mol. The number of hydrogen-bond donors (Lipinski definition) is 0. The first-order valence-electron chi connectivity index (χ1n) is 22.7. The number of fused-ring (bicyclic) bond motifs is 2.